The Balaban J connectivity index is 1.31. The smallest absolute Gasteiger partial charge is 0.267 e. The largest absolute Gasteiger partial charge is 0.351 e. The predicted molar refractivity (Wildman–Crippen MR) is 103 cm³/mol. The van der Waals surface area contributed by atoms with Gasteiger partial charge in [0.25, 0.3) is 5.91 Å². The highest BCUT2D eigenvalue weighted by Gasteiger charge is 2.25. The molecule has 3 heterocycles. The molecular weight excluding hydrogens is 358 g/mol. The lowest BCUT2D eigenvalue weighted by Crippen LogP contribution is -2.44. The van der Waals surface area contributed by atoms with Crippen LogP contribution in [-0.2, 0) is 11.2 Å². The van der Waals surface area contributed by atoms with Gasteiger partial charge in [-0.3, -0.25) is 9.59 Å². The van der Waals surface area contributed by atoms with Crippen molar-refractivity contribution >= 4 is 22.7 Å². The second-order valence-corrected chi connectivity index (χ2v) is 7.30. The lowest BCUT2D eigenvalue weighted by Gasteiger charge is -2.32. The number of amides is 2. The number of aromatic amines is 1. The van der Waals surface area contributed by atoms with Crippen molar-refractivity contribution in [3.05, 3.63) is 47.4 Å². The molecule has 2 aromatic heterocycles. The third-order valence-corrected chi connectivity index (χ3v) is 5.26. The fourth-order valence-electron chi connectivity index (χ4n) is 3.65. The van der Waals surface area contributed by atoms with E-state index in [1.54, 1.807) is 6.92 Å². The number of para-hydroxylation sites is 1. The first-order valence-corrected chi connectivity index (χ1v) is 9.52. The normalized spacial score (nSPS) is 17.0. The summed E-state index contributed by atoms with van der Waals surface area (Å²) in [5.74, 6) is 0.136. The van der Waals surface area contributed by atoms with E-state index in [0.29, 0.717) is 30.2 Å². The van der Waals surface area contributed by atoms with Crippen LogP contribution in [0.1, 0.15) is 34.7 Å². The van der Waals surface area contributed by atoms with E-state index in [1.807, 2.05) is 35.2 Å². The number of benzene rings is 1. The van der Waals surface area contributed by atoms with Crippen LogP contribution < -0.4 is 5.32 Å². The fourth-order valence-corrected chi connectivity index (χ4v) is 3.65. The van der Waals surface area contributed by atoms with Crippen molar-refractivity contribution in [2.75, 3.05) is 19.6 Å². The third kappa shape index (κ3) is 3.90. The van der Waals surface area contributed by atoms with E-state index in [0.717, 1.165) is 30.3 Å². The minimum absolute atomic E-state index is 0.0189. The number of likely N-dealkylation sites (tertiary alicyclic amines) is 1. The zero-order valence-electron chi connectivity index (χ0n) is 15.8. The number of hydrogen-bond acceptors (Lipinski definition) is 5. The maximum atomic E-state index is 12.5. The van der Waals surface area contributed by atoms with Crippen LogP contribution in [0.2, 0.25) is 0 Å². The van der Waals surface area contributed by atoms with E-state index in [2.05, 4.69) is 25.2 Å². The molecule has 0 saturated carbocycles. The summed E-state index contributed by atoms with van der Waals surface area (Å²) in [5, 5.41) is 11.5. The molecule has 8 nitrogen and oxygen atoms in total. The average Bonchev–Trinajstić information content (AvgIpc) is 3.32. The zero-order chi connectivity index (χ0) is 19.5. The predicted octanol–water partition coefficient (Wildman–Crippen LogP) is 2.07. The van der Waals surface area contributed by atoms with Gasteiger partial charge in [-0.05, 0) is 37.8 Å². The SMILES string of the molecule is Cc1nonc1CC(=O)N1CCCC(CNC(=O)c2cc3ccccc3[nH]2)C1. The van der Waals surface area contributed by atoms with E-state index < -0.39 is 0 Å². The maximum Gasteiger partial charge on any atom is 0.267 e. The van der Waals surface area contributed by atoms with E-state index in [1.165, 1.54) is 0 Å². The van der Waals surface area contributed by atoms with Crippen LogP contribution >= 0.6 is 0 Å². The molecule has 0 bridgehead atoms. The first-order chi connectivity index (χ1) is 13.6. The number of piperidine rings is 1. The summed E-state index contributed by atoms with van der Waals surface area (Å²) in [6, 6.07) is 9.66. The molecule has 2 amide bonds. The molecular formula is C20H23N5O3. The van der Waals surface area contributed by atoms with Gasteiger partial charge in [-0.2, -0.15) is 0 Å². The highest BCUT2D eigenvalue weighted by molar-refractivity contribution is 5.97. The number of carbonyl (C=O) groups is 2. The molecule has 8 heteroatoms. The van der Waals surface area contributed by atoms with Gasteiger partial charge in [0, 0.05) is 30.5 Å². The number of hydrogen-bond donors (Lipinski definition) is 2. The van der Waals surface area contributed by atoms with Crippen LogP contribution in [0.3, 0.4) is 0 Å². The van der Waals surface area contributed by atoms with E-state index in [9.17, 15) is 9.59 Å². The molecule has 0 aliphatic carbocycles. The van der Waals surface area contributed by atoms with Crippen molar-refractivity contribution in [1.82, 2.24) is 25.5 Å². The Morgan fingerprint density at radius 1 is 1.32 bits per heavy atom. The lowest BCUT2D eigenvalue weighted by molar-refractivity contribution is -0.132. The van der Waals surface area contributed by atoms with Gasteiger partial charge in [0.1, 0.15) is 17.1 Å². The Bertz CT molecular complexity index is 960. The number of aromatic nitrogens is 3. The highest BCUT2D eigenvalue weighted by Crippen LogP contribution is 2.18. The molecule has 3 aromatic rings. The Kier molecular flexibility index (Phi) is 5.10. The number of nitrogens with one attached hydrogen (secondary N) is 2. The first-order valence-electron chi connectivity index (χ1n) is 9.52. The second kappa shape index (κ2) is 7.84. The number of fused-ring (bicyclic) bond motifs is 1. The molecule has 0 radical (unpaired) electrons. The highest BCUT2D eigenvalue weighted by atomic mass is 16.6. The van der Waals surface area contributed by atoms with Crippen LogP contribution in [0.4, 0.5) is 0 Å². The van der Waals surface area contributed by atoms with Gasteiger partial charge < -0.3 is 15.2 Å². The number of nitrogens with zero attached hydrogens (tertiary/aromatic N) is 3. The van der Waals surface area contributed by atoms with E-state index in [-0.39, 0.29) is 24.2 Å². The van der Waals surface area contributed by atoms with Crippen LogP contribution in [-0.4, -0.2) is 51.6 Å². The van der Waals surface area contributed by atoms with Crippen LogP contribution in [0, 0.1) is 12.8 Å². The molecule has 4 rings (SSSR count). The van der Waals surface area contributed by atoms with Crippen molar-refractivity contribution in [2.45, 2.75) is 26.2 Å². The summed E-state index contributed by atoms with van der Waals surface area (Å²) in [5.41, 5.74) is 2.73. The lowest BCUT2D eigenvalue weighted by atomic mass is 9.97. The van der Waals surface area contributed by atoms with Crippen LogP contribution in [0.15, 0.2) is 35.0 Å². The summed E-state index contributed by atoms with van der Waals surface area (Å²) in [4.78, 5) is 30.0. The average molecular weight is 381 g/mol. The van der Waals surface area contributed by atoms with Crippen molar-refractivity contribution in [3.8, 4) is 0 Å². The van der Waals surface area contributed by atoms with E-state index in [4.69, 9.17) is 0 Å². The Labute approximate surface area is 162 Å². The summed E-state index contributed by atoms with van der Waals surface area (Å²) >= 11 is 0. The first kappa shape index (κ1) is 18.2. The Hall–Kier alpha value is -3.16. The van der Waals surface area contributed by atoms with Crippen LogP contribution in [0.25, 0.3) is 10.9 Å². The van der Waals surface area contributed by atoms with Gasteiger partial charge in [0.15, 0.2) is 0 Å². The Morgan fingerprint density at radius 3 is 2.96 bits per heavy atom. The molecule has 1 fully saturated rings. The maximum absolute atomic E-state index is 12.5. The molecule has 1 aromatic carbocycles. The number of rotatable bonds is 5. The van der Waals surface area contributed by atoms with Gasteiger partial charge in [-0.15, -0.1) is 0 Å². The van der Waals surface area contributed by atoms with Gasteiger partial charge in [-0.1, -0.05) is 28.5 Å². The van der Waals surface area contributed by atoms with Gasteiger partial charge in [0.2, 0.25) is 5.91 Å². The topological polar surface area (TPSA) is 104 Å². The molecule has 28 heavy (non-hydrogen) atoms. The summed E-state index contributed by atoms with van der Waals surface area (Å²) < 4.78 is 4.66. The third-order valence-electron chi connectivity index (χ3n) is 5.26. The van der Waals surface area contributed by atoms with Crippen molar-refractivity contribution in [1.29, 1.82) is 0 Å². The van der Waals surface area contributed by atoms with Gasteiger partial charge >= 0.3 is 0 Å². The van der Waals surface area contributed by atoms with Crippen molar-refractivity contribution < 1.29 is 14.2 Å². The molecule has 0 spiro atoms. The van der Waals surface area contributed by atoms with Crippen molar-refractivity contribution in [3.63, 3.8) is 0 Å². The molecule has 1 atom stereocenters. The van der Waals surface area contributed by atoms with Gasteiger partial charge in [-0.25, -0.2) is 4.63 Å². The van der Waals surface area contributed by atoms with Crippen molar-refractivity contribution in [2.24, 2.45) is 5.92 Å². The monoisotopic (exact) mass is 381 g/mol. The molecule has 2 N–H and O–H groups in total. The number of H-pyrrole nitrogens is 1. The number of aryl methyl sites for hydroxylation is 1. The molecule has 1 saturated heterocycles. The zero-order valence-corrected chi connectivity index (χ0v) is 15.8. The quantitative estimate of drug-likeness (QED) is 0.704. The minimum atomic E-state index is -0.121. The van der Waals surface area contributed by atoms with E-state index >= 15 is 0 Å². The summed E-state index contributed by atoms with van der Waals surface area (Å²) in [6.45, 7) is 3.69. The van der Waals surface area contributed by atoms with Crippen LogP contribution in [0.5, 0.6) is 0 Å². The molecule has 146 valence electrons. The summed E-state index contributed by atoms with van der Waals surface area (Å²) in [7, 11) is 0. The molecule has 1 aliphatic rings. The van der Waals surface area contributed by atoms with Gasteiger partial charge in [0.05, 0.1) is 6.42 Å². The standard InChI is InChI=1S/C20H23N5O3/c1-13-17(24-28-23-13)10-19(26)25-8-4-5-14(12-25)11-21-20(27)18-9-15-6-2-3-7-16(15)22-18/h2-3,6-7,9,14,22H,4-5,8,10-12H2,1H3,(H,21,27). The number of carbonyl (C=O) groups excluding carboxylic acids is 2. The Morgan fingerprint density at radius 2 is 2.18 bits per heavy atom. The fraction of sp³-hybridized carbons (Fsp3) is 0.400. The summed E-state index contributed by atoms with van der Waals surface area (Å²) in [6.07, 6.45) is 2.11. The molecule has 1 unspecified atom stereocenters. The minimum Gasteiger partial charge on any atom is -0.351 e. The molecule has 1 aliphatic heterocycles. The second-order valence-electron chi connectivity index (χ2n) is 7.30.